The Hall–Kier alpha value is -0.220. The summed E-state index contributed by atoms with van der Waals surface area (Å²) in [5.41, 5.74) is 0. The summed E-state index contributed by atoms with van der Waals surface area (Å²) in [5, 5.41) is 9.13. The quantitative estimate of drug-likeness (QED) is 0.775. The number of aliphatic hydroxyl groups is 1. The monoisotopic (exact) mass is 273 g/mol. The van der Waals surface area contributed by atoms with Crippen molar-refractivity contribution in [1.82, 2.24) is 4.90 Å². The molecule has 1 aliphatic rings. The molecule has 106 valence electrons. The van der Waals surface area contributed by atoms with E-state index in [0.29, 0.717) is 24.9 Å². The SMILES string of the molecule is CCC(CC)N(CCO)C(=O)CC1CCSCC1. The molecule has 0 unspecified atom stereocenters. The maximum Gasteiger partial charge on any atom is 0.223 e. The summed E-state index contributed by atoms with van der Waals surface area (Å²) in [6, 6.07) is 0.294. The number of rotatable bonds is 7. The summed E-state index contributed by atoms with van der Waals surface area (Å²) in [4.78, 5) is 14.3. The van der Waals surface area contributed by atoms with Crippen molar-refractivity contribution in [1.29, 1.82) is 0 Å². The van der Waals surface area contributed by atoms with E-state index >= 15 is 0 Å². The average Bonchev–Trinajstić information content (AvgIpc) is 2.40. The van der Waals surface area contributed by atoms with Crippen molar-refractivity contribution in [3.8, 4) is 0 Å². The molecule has 18 heavy (non-hydrogen) atoms. The second-order valence-corrected chi connectivity index (χ2v) is 6.27. The van der Waals surface area contributed by atoms with Crippen LogP contribution in [0, 0.1) is 5.92 Å². The number of aliphatic hydroxyl groups excluding tert-OH is 1. The fraction of sp³-hybridized carbons (Fsp3) is 0.929. The van der Waals surface area contributed by atoms with Crippen LogP contribution in [0.15, 0.2) is 0 Å². The van der Waals surface area contributed by atoms with Gasteiger partial charge in [-0.1, -0.05) is 13.8 Å². The first-order valence-corrected chi connectivity index (χ1v) is 8.36. The van der Waals surface area contributed by atoms with Crippen LogP contribution in [0.4, 0.5) is 0 Å². The molecule has 1 fully saturated rings. The number of thioether (sulfide) groups is 1. The molecule has 4 heteroatoms. The lowest BCUT2D eigenvalue weighted by Crippen LogP contribution is -2.42. The first-order chi connectivity index (χ1) is 8.72. The van der Waals surface area contributed by atoms with E-state index in [2.05, 4.69) is 13.8 Å². The smallest absolute Gasteiger partial charge is 0.223 e. The Kier molecular flexibility index (Phi) is 7.75. The molecular weight excluding hydrogens is 246 g/mol. The maximum atomic E-state index is 12.4. The van der Waals surface area contributed by atoms with E-state index < -0.39 is 0 Å². The summed E-state index contributed by atoms with van der Waals surface area (Å²) >= 11 is 1.99. The zero-order valence-electron chi connectivity index (χ0n) is 11.7. The average molecular weight is 273 g/mol. The Morgan fingerprint density at radius 2 is 1.94 bits per heavy atom. The zero-order chi connectivity index (χ0) is 13.4. The molecule has 0 aromatic carbocycles. The number of amides is 1. The van der Waals surface area contributed by atoms with Crippen LogP contribution in [0.25, 0.3) is 0 Å². The van der Waals surface area contributed by atoms with Gasteiger partial charge in [-0.25, -0.2) is 0 Å². The Balaban J connectivity index is 2.52. The minimum Gasteiger partial charge on any atom is -0.395 e. The van der Waals surface area contributed by atoms with Gasteiger partial charge in [0.1, 0.15) is 0 Å². The molecule has 1 N–H and O–H groups in total. The van der Waals surface area contributed by atoms with Gasteiger partial charge in [0.2, 0.25) is 5.91 Å². The van der Waals surface area contributed by atoms with Crippen molar-refractivity contribution in [3.05, 3.63) is 0 Å². The largest absolute Gasteiger partial charge is 0.395 e. The van der Waals surface area contributed by atoms with Crippen LogP contribution in [-0.4, -0.2) is 46.6 Å². The van der Waals surface area contributed by atoms with Crippen molar-refractivity contribution in [2.45, 2.75) is 52.0 Å². The Labute approximate surface area is 115 Å². The highest BCUT2D eigenvalue weighted by Gasteiger charge is 2.24. The molecule has 0 spiro atoms. The predicted molar refractivity (Wildman–Crippen MR) is 77.8 cm³/mol. The number of hydrogen-bond acceptors (Lipinski definition) is 3. The highest BCUT2D eigenvalue weighted by molar-refractivity contribution is 7.99. The molecule has 0 aromatic rings. The lowest BCUT2D eigenvalue weighted by Gasteiger charge is -2.32. The molecule has 1 saturated heterocycles. The van der Waals surface area contributed by atoms with Gasteiger partial charge in [0, 0.05) is 19.0 Å². The van der Waals surface area contributed by atoms with Gasteiger partial charge in [0.25, 0.3) is 0 Å². The number of nitrogens with zero attached hydrogens (tertiary/aromatic N) is 1. The summed E-state index contributed by atoms with van der Waals surface area (Å²) in [7, 11) is 0. The second kappa shape index (κ2) is 8.81. The van der Waals surface area contributed by atoms with E-state index in [1.165, 1.54) is 24.3 Å². The Morgan fingerprint density at radius 1 is 1.33 bits per heavy atom. The fourth-order valence-electron chi connectivity index (χ4n) is 2.66. The van der Waals surface area contributed by atoms with Crippen LogP contribution in [0.1, 0.15) is 46.0 Å². The topological polar surface area (TPSA) is 40.5 Å². The van der Waals surface area contributed by atoms with Gasteiger partial charge in [-0.2, -0.15) is 11.8 Å². The summed E-state index contributed by atoms with van der Waals surface area (Å²) in [6.45, 7) is 4.79. The van der Waals surface area contributed by atoms with E-state index in [1.807, 2.05) is 16.7 Å². The molecule has 1 rings (SSSR count). The molecule has 0 bridgehead atoms. The predicted octanol–water partition coefficient (Wildman–Crippen LogP) is 2.53. The van der Waals surface area contributed by atoms with Crippen molar-refractivity contribution in [3.63, 3.8) is 0 Å². The van der Waals surface area contributed by atoms with Gasteiger partial charge in [0.15, 0.2) is 0 Å². The van der Waals surface area contributed by atoms with E-state index in [4.69, 9.17) is 5.11 Å². The first-order valence-electron chi connectivity index (χ1n) is 7.20. The van der Waals surface area contributed by atoms with Crippen LogP contribution < -0.4 is 0 Å². The highest BCUT2D eigenvalue weighted by atomic mass is 32.2. The van der Waals surface area contributed by atoms with E-state index in [0.717, 1.165) is 12.8 Å². The Morgan fingerprint density at radius 3 is 2.44 bits per heavy atom. The summed E-state index contributed by atoms with van der Waals surface area (Å²) < 4.78 is 0. The normalized spacial score (nSPS) is 17.1. The lowest BCUT2D eigenvalue weighted by molar-refractivity contribution is -0.135. The van der Waals surface area contributed by atoms with Crippen molar-refractivity contribution >= 4 is 17.7 Å². The molecule has 0 aliphatic carbocycles. The third-order valence-corrected chi connectivity index (χ3v) is 4.90. The summed E-state index contributed by atoms with van der Waals surface area (Å²) in [6.07, 6.45) is 4.97. The van der Waals surface area contributed by atoms with Crippen LogP contribution in [0.3, 0.4) is 0 Å². The molecule has 0 saturated carbocycles. The van der Waals surface area contributed by atoms with E-state index in [9.17, 15) is 4.79 Å². The van der Waals surface area contributed by atoms with Gasteiger partial charge < -0.3 is 10.0 Å². The third-order valence-electron chi connectivity index (χ3n) is 3.85. The summed E-state index contributed by atoms with van der Waals surface area (Å²) in [5.74, 6) is 3.20. The maximum absolute atomic E-state index is 12.4. The second-order valence-electron chi connectivity index (χ2n) is 5.04. The van der Waals surface area contributed by atoms with Gasteiger partial charge in [0.05, 0.1) is 6.61 Å². The lowest BCUT2D eigenvalue weighted by atomic mass is 9.97. The molecule has 3 nitrogen and oxygen atoms in total. The van der Waals surface area contributed by atoms with Crippen molar-refractivity contribution < 1.29 is 9.90 Å². The van der Waals surface area contributed by atoms with E-state index in [1.54, 1.807) is 0 Å². The molecule has 0 aromatic heterocycles. The molecule has 0 radical (unpaired) electrons. The number of hydrogen-bond donors (Lipinski definition) is 1. The van der Waals surface area contributed by atoms with Crippen molar-refractivity contribution in [2.75, 3.05) is 24.7 Å². The molecule has 1 aliphatic heterocycles. The minimum absolute atomic E-state index is 0.0722. The van der Waals surface area contributed by atoms with Crippen molar-refractivity contribution in [2.24, 2.45) is 5.92 Å². The molecular formula is C14H27NO2S. The van der Waals surface area contributed by atoms with Gasteiger partial charge >= 0.3 is 0 Å². The van der Waals surface area contributed by atoms with E-state index in [-0.39, 0.29) is 12.5 Å². The standard InChI is InChI=1S/C14H27NO2S/c1-3-13(4-2)15(7-8-16)14(17)11-12-5-9-18-10-6-12/h12-13,16H,3-11H2,1-2H3. The first kappa shape index (κ1) is 15.8. The minimum atomic E-state index is 0.0722. The third kappa shape index (κ3) is 4.81. The highest BCUT2D eigenvalue weighted by Crippen LogP contribution is 2.26. The van der Waals surface area contributed by atoms with Gasteiger partial charge in [-0.15, -0.1) is 0 Å². The van der Waals surface area contributed by atoms with Gasteiger partial charge in [-0.05, 0) is 43.1 Å². The number of carbonyl (C=O) groups excluding carboxylic acids is 1. The van der Waals surface area contributed by atoms with Crippen LogP contribution in [0.5, 0.6) is 0 Å². The molecule has 1 heterocycles. The fourth-order valence-corrected chi connectivity index (χ4v) is 3.87. The van der Waals surface area contributed by atoms with Crippen LogP contribution >= 0.6 is 11.8 Å². The Bertz CT molecular complexity index is 238. The van der Waals surface area contributed by atoms with Gasteiger partial charge in [-0.3, -0.25) is 4.79 Å². The number of carbonyl (C=O) groups is 1. The van der Waals surface area contributed by atoms with Crippen LogP contribution in [-0.2, 0) is 4.79 Å². The van der Waals surface area contributed by atoms with Crippen LogP contribution in [0.2, 0.25) is 0 Å². The zero-order valence-corrected chi connectivity index (χ0v) is 12.5. The molecule has 1 amide bonds. The molecule has 0 atom stereocenters.